The van der Waals surface area contributed by atoms with E-state index in [1.165, 1.54) is 6.54 Å². The van der Waals surface area contributed by atoms with E-state index < -0.39 is 0 Å². The lowest BCUT2D eigenvalue weighted by molar-refractivity contribution is -0.384. The number of hydrogen-bond donors (Lipinski definition) is 2. The third-order valence-corrected chi connectivity index (χ3v) is 5.11. The van der Waals surface area contributed by atoms with Gasteiger partial charge >= 0.3 is 0 Å². The molecule has 0 saturated carbocycles. The second-order valence-corrected chi connectivity index (χ2v) is 7.99. The average Bonchev–Trinajstić information content (AvgIpc) is 2.68. The number of benzene rings is 1. The predicted octanol–water partition coefficient (Wildman–Crippen LogP) is 3.20. The maximum absolute atomic E-state index is 10.7. The summed E-state index contributed by atoms with van der Waals surface area (Å²) in [6, 6.07) is 7.34. The van der Waals surface area contributed by atoms with Crippen molar-refractivity contribution in [2.75, 3.05) is 33.2 Å². The molecule has 1 aliphatic heterocycles. The molecular weight excluding hydrogens is 354 g/mol. The van der Waals surface area contributed by atoms with Crippen LogP contribution in [0, 0.1) is 16.0 Å². The molecule has 0 atom stereocenters. The second kappa shape index (κ2) is 11.6. The number of hydrogen-bond acceptors (Lipinski definition) is 4. The minimum absolute atomic E-state index is 0.148. The molecule has 0 aliphatic carbocycles. The first-order chi connectivity index (χ1) is 13.5. The fraction of sp³-hybridized carbons (Fsp3) is 0.667. The number of non-ortho nitro benzene ring substituents is 1. The lowest BCUT2D eigenvalue weighted by Crippen LogP contribution is -2.49. The maximum atomic E-state index is 10.7. The van der Waals surface area contributed by atoms with Crippen LogP contribution in [-0.4, -0.2) is 55.1 Å². The summed E-state index contributed by atoms with van der Waals surface area (Å²) in [5.41, 5.74) is 1.29. The van der Waals surface area contributed by atoms with Gasteiger partial charge in [-0.25, -0.2) is 0 Å². The monoisotopic (exact) mass is 389 g/mol. The van der Waals surface area contributed by atoms with E-state index >= 15 is 0 Å². The Morgan fingerprint density at radius 1 is 1.25 bits per heavy atom. The number of likely N-dealkylation sites (tertiary alicyclic amines) is 1. The Kier molecular flexibility index (Phi) is 9.20. The largest absolute Gasteiger partial charge is 0.356 e. The fourth-order valence-electron chi connectivity index (χ4n) is 3.61. The highest BCUT2D eigenvalue weighted by Crippen LogP contribution is 2.14. The van der Waals surface area contributed by atoms with E-state index in [9.17, 15) is 10.1 Å². The Morgan fingerprint density at radius 3 is 2.50 bits per heavy atom. The summed E-state index contributed by atoms with van der Waals surface area (Å²) in [4.78, 5) is 17.2. The van der Waals surface area contributed by atoms with Crippen LogP contribution in [0.1, 0.15) is 45.1 Å². The molecule has 1 heterocycles. The Bertz CT molecular complexity index is 622. The van der Waals surface area contributed by atoms with E-state index in [2.05, 4.69) is 34.4 Å². The molecular formula is C21H35N5O2. The van der Waals surface area contributed by atoms with Gasteiger partial charge in [-0.3, -0.25) is 15.1 Å². The molecule has 0 aromatic heterocycles. The molecule has 2 N–H and O–H groups in total. The van der Waals surface area contributed by atoms with Crippen LogP contribution in [0.15, 0.2) is 29.3 Å². The Balaban J connectivity index is 1.60. The number of nitro benzene ring substituents is 1. The molecule has 0 radical (unpaired) electrons. The zero-order chi connectivity index (χ0) is 20.4. The summed E-state index contributed by atoms with van der Waals surface area (Å²) in [6.07, 6.45) is 5.32. The van der Waals surface area contributed by atoms with Crippen LogP contribution in [0.25, 0.3) is 0 Å². The van der Waals surface area contributed by atoms with Gasteiger partial charge in [0.15, 0.2) is 5.96 Å². The molecule has 1 aromatic rings. The Morgan fingerprint density at radius 2 is 1.93 bits per heavy atom. The molecule has 0 bridgehead atoms. The summed E-state index contributed by atoms with van der Waals surface area (Å²) in [6.45, 7) is 8.92. The number of aryl methyl sites for hydroxylation is 1. The van der Waals surface area contributed by atoms with E-state index in [0.29, 0.717) is 6.04 Å². The number of rotatable bonds is 9. The maximum Gasteiger partial charge on any atom is 0.269 e. The molecule has 1 aromatic carbocycles. The number of nitrogens with zero attached hydrogens (tertiary/aromatic N) is 3. The number of piperidine rings is 1. The van der Waals surface area contributed by atoms with Gasteiger partial charge in [-0.2, -0.15) is 0 Å². The molecule has 1 aliphatic rings. The van der Waals surface area contributed by atoms with Gasteiger partial charge in [0, 0.05) is 51.4 Å². The first-order valence-corrected chi connectivity index (χ1v) is 10.4. The van der Waals surface area contributed by atoms with E-state index in [-0.39, 0.29) is 10.6 Å². The Labute approximate surface area is 168 Å². The number of aliphatic imine (C=N–C) groups is 1. The van der Waals surface area contributed by atoms with Crippen molar-refractivity contribution in [3.63, 3.8) is 0 Å². The van der Waals surface area contributed by atoms with Crippen LogP contribution in [0.2, 0.25) is 0 Å². The third-order valence-electron chi connectivity index (χ3n) is 5.11. The van der Waals surface area contributed by atoms with Crippen LogP contribution in [0.5, 0.6) is 0 Å². The van der Waals surface area contributed by atoms with Gasteiger partial charge in [0.1, 0.15) is 0 Å². The van der Waals surface area contributed by atoms with Crippen LogP contribution in [0.3, 0.4) is 0 Å². The summed E-state index contributed by atoms with van der Waals surface area (Å²) < 4.78 is 0. The quantitative estimate of drug-likeness (QED) is 0.223. The summed E-state index contributed by atoms with van der Waals surface area (Å²) in [7, 11) is 1.82. The SMILES string of the molecule is CN=C(NCCCCc1ccc([N+](=O)[O-])cc1)NC1CCN(CC(C)C)CC1. The minimum atomic E-state index is -0.361. The molecule has 1 fully saturated rings. The number of unbranched alkanes of at least 4 members (excludes halogenated alkanes) is 1. The van der Waals surface area contributed by atoms with Gasteiger partial charge in [-0.1, -0.05) is 26.0 Å². The lowest BCUT2D eigenvalue weighted by atomic mass is 10.0. The van der Waals surface area contributed by atoms with Crippen molar-refractivity contribution in [1.29, 1.82) is 0 Å². The molecule has 0 spiro atoms. The van der Waals surface area contributed by atoms with E-state index in [1.54, 1.807) is 12.1 Å². The van der Waals surface area contributed by atoms with Crippen LogP contribution < -0.4 is 10.6 Å². The third kappa shape index (κ3) is 7.84. The van der Waals surface area contributed by atoms with Crippen molar-refractivity contribution in [1.82, 2.24) is 15.5 Å². The van der Waals surface area contributed by atoms with E-state index in [1.807, 2.05) is 19.2 Å². The molecule has 7 nitrogen and oxygen atoms in total. The van der Waals surface area contributed by atoms with Gasteiger partial charge in [0.25, 0.3) is 5.69 Å². The minimum Gasteiger partial charge on any atom is -0.356 e. The fourth-order valence-corrected chi connectivity index (χ4v) is 3.61. The van der Waals surface area contributed by atoms with Crippen molar-refractivity contribution in [3.05, 3.63) is 39.9 Å². The Hall–Kier alpha value is -2.15. The van der Waals surface area contributed by atoms with E-state index in [4.69, 9.17) is 0 Å². The first kappa shape index (κ1) is 22.1. The second-order valence-electron chi connectivity index (χ2n) is 7.99. The molecule has 2 rings (SSSR count). The molecule has 1 saturated heterocycles. The zero-order valence-corrected chi connectivity index (χ0v) is 17.5. The standard InChI is InChI=1S/C21H35N5O2/c1-17(2)16-25-14-11-19(12-15-25)24-21(22-3)23-13-5-4-6-18-7-9-20(10-8-18)26(27)28/h7-10,17,19H,4-6,11-16H2,1-3H3,(H2,22,23,24). The smallest absolute Gasteiger partial charge is 0.269 e. The van der Waals surface area contributed by atoms with Gasteiger partial charge in [0.2, 0.25) is 0 Å². The van der Waals surface area contributed by atoms with Gasteiger partial charge in [-0.05, 0) is 43.6 Å². The van der Waals surface area contributed by atoms with Crippen molar-refractivity contribution >= 4 is 11.6 Å². The number of guanidine groups is 1. The molecule has 156 valence electrons. The molecule has 0 amide bonds. The summed E-state index contributed by atoms with van der Waals surface area (Å²) >= 11 is 0. The van der Waals surface area contributed by atoms with Gasteiger partial charge in [-0.15, -0.1) is 0 Å². The summed E-state index contributed by atoms with van der Waals surface area (Å²) in [5, 5.41) is 17.6. The van der Waals surface area contributed by atoms with Gasteiger partial charge in [0.05, 0.1) is 4.92 Å². The average molecular weight is 390 g/mol. The lowest BCUT2D eigenvalue weighted by Gasteiger charge is -2.34. The first-order valence-electron chi connectivity index (χ1n) is 10.4. The number of nitro groups is 1. The highest BCUT2D eigenvalue weighted by atomic mass is 16.6. The van der Waals surface area contributed by atoms with Crippen molar-refractivity contribution in [2.45, 2.75) is 52.0 Å². The highest BCUT2D eigenvalue weighted by molar-refractivity contribution is 5.79. The van der Waals surface area contributed by atoms with Crippen molar-refractivity contribution in [2.24, 2.45) is 10.9 Å². The number of nitrogens with one attached hydrogen (secondary N) is 2. The van der Waals surface area contributed by atoms with Crippen LogP contribution in [0.4, 0.5) is 5.69 Å². The highest BCUT2D eigenvalue weighted by Gasteiger charge is 2.20. The van der Waals surface area contributed by atoms with Crippen LogP contribution >= 0.6 is 0 Å². The molecule has 0 unspecified atom stereocenters. The normalized spacial score (nSPS) is 16.4. The molecule has 28 heavy (non-hydrogen) atoms. The van der Waals surface area contributed by atoms with Gasteiger partial charge < -0.3 is 15.5 Å². The van der Waals surface area contributed by atoms with E-state index in [0.717, 1.165) is 69.2 Å². The predicted molar refractivity (Wildman–Crippen MR) is 115 cm³/mol. The van der Waals surface area contributed by atoms with Crippen LogP contribution in [-0.2, 0) is 6.42 Å². The zero-order valence-electron chi connectivity index (χ0n) is 17.5. The van der Waals surface area contributed by atoms with Crippen molar-refractivity contribution in [3.8, 4) is 0 Å². The van der Waals surface area contributed by atoms with Crippen molar-refractivity contribution < 1.29 is 4.92 Å². The topological polar surface area (TPSA) is 82.8 Å². The molecule has 7 heteroatoms. The summed E-state index contributed by atoms with van der Waals surface area (Å²) in [5.74, 6) is 1.61.